The van der Waals surface area contributed by atoms with Crippen molar-refractivity contribution in [3.8, 4) is 5.75 Å². The zero-order valence-electron chi connectivity index (χ0n) is 22.3. The fourth-order valence-electron chi connectivity index (χ4n) is 5.33. The van der Waals surface area contributed by atoms with Gasteiger partial charge >= 0.3 is 5.97 Å². The molecule has 2 N–H and O–H groups in total. The molecule has 2 heterocycles. The van der Waals surface area contributed by atoms with Crippen LogP contribution in [-0.2, 0) is 16.0 Å². The van der Waals surface area contributed by atoms with Crippen molar-refractivity contribution < 1.29 is 14.3 Å². The number of carbonyl (C=O) groups excluding carboxylic acids is 1. The summed E-state index contributed by atoms with van der Waals surface area (Å²) in [5.41, 5.74) is 2.96. The Kier molecular flexibility index (Phi) is 9.04. The third-order valence-corrected chi connectivity index (χ3v) is 7.29. The van der Waals surface area contributed by atoms with Crippen molar-refractivity contribution in [2.75, 3.05) is 36.5 Å². The van der Waals surface area contributed by atoms with Crippen LogP contribution in [0.3, 0.4) is 0 Å². The number of piperidine rings is 1. The second kappa shape index (κ2) is 12.2. The minimum Gasteiger partial charge on any atom is -0.489 e. The Bertz CT molecular complexity index is 1060. The minimum atomic E-state index is -0.504. The van der Waals surface area contributed by atoms with Crippen LogP contribution in [0.2, 0.25) is 5.02 Å². The Balaban J connectivity index is 1.55. The molecule has 2 aromatic carbocycles. The van der Waals surface area contributed by atoms with Gasteiger partial charge in [-0.3, -0.25) is 4.79 Å². The number of halogens is 1. The number of allylic oxidation sites excluding steroid dienone is 1. The van der Waals surface area contributed by atoms with Crippen molar-refractivity contribution in [1.29, 1.82) is 0 Å². The number of benzene rings is 2. The molecule has 0 bridgehead atoms. The van der Waals surface area contributed by atoms with Gasteiger partial charge in [-0.1, -0.05) is 29.8 Å². The zero-order valence-corrected chi connectivity index (χ0v) is 23.0. The molecule has 200 valence electrons. The Morgan fingerprint density at radius 2 is 1.92 bits per heavy atom. The predicted octanol–water partition coefficient (Wildman–Crippen LogP) is 6.05. The molecule has 2 aliphatic heterocycles. The predicted molar refractivity (Wildman–Crippen MR) is 152 cm³/mol. The lowest BCUT2D eigenvalue weighted by Crippen LogP contribution is -2.44. The lowest BCUT2D eigenvalue weighted by Gasteiger charge is -2.34. The SMILES string of the molecule is C=CCc1cccc2c1N(CCC(C(=O)OC(C)(C)C)C1CCNCC1)C(COc1ccc(Cl)cc1)N2. The van der Waals surface area contributed by atoms with Crippen molar-refractivity contribution in [2.45, 2.75) is 58.2 Å². The number of hydrogen-bond acceptors (Lipinski definition) is 6. The number of fused-ring (bicyclic) bond motifs is 1. The largest absolute Gasteiger partial charge is 0.489 e. The monoisotopic (exact) mass is 525 g/mol. The number of anilines is 2. The summed E-state index contributed by atoms with van der Waals surface area (Å²) < 4.78 is 12.1. The second-order valence-corrected chi connectivity index (χ2v) is 11.4. The van der Waals surface area contributed by atoms with E-state index in [9.17, 15) is 4.79 Å². The van der Waals surface area contributed by atoms with E-state index in [1.807, 2.05) is 51.1 Å². The number of carbonyl (C=O) groups is 1. The first-order chi connectivity index (χ1) is 17.7. The van der Waals surface area contributed by atoms with Gasteiger partial charge in [0, 0.05) is 11.6 Å². The van der Waals surface area contributed by atoms with Crippen molar-refractivity contribution >= 4 is 28.9 Å². The number of rotatable bonds is 10. The number of hydrogen-bond donors (Lipinski definition) is 2. The van der Waals surface area contributed by atoms with Crippen LogP contribution >= 0.6 is 11.6 Å². The van der Waals surface area contributed by atoms with E-state index in [-0.39, 0.29) is 18.1 Å². The molecule has 0 radical (unpaired) electrons. The van der Waals surface area contributed by atoms with Crippen LogP contribution in [0.15, 0.2) is 55.1 Å². The van der Waals surface area contributed by atoms with Gasteiger partial charge in [0.05, 0.1) is 17.3 Å². The minimum absolute atomic E-state index is 0.0658. The maximum absolute atomic E-state index is 13.4. The molecule has 2 aliphatic rings. The van der Waals surface area contributed by atoms with Gasteiger partial charge in [-0.25, -0.2) is 0 Å². The normalized spacial score (nSPS) is 18.6. The van der Waals surface area contributed by atoms with Crippen LogP contribution in [0.25, 0.3) is 0 Å². The summed E-state index contributed by atoms with van der Waals surface area (Å²) >= 11 is 6.04. The summed E-state index contributed by atoms with van der Waals surface area (Å²) in [4.78, 5) is 15.7. The van der Waals surface area contributed by atoms with Gasteiger partial charge < -0.3 is 25.0 Å². The number of nitrogens with zero attached hydrogens (tertiary/aromatic N) is 1. The lowest BCUT2D eigenvalue weighted by molar-refractivity contribution is -0.162. The maximum Gasteiger partial charge on any atom is 0.309 e. The molecule has 7 heteroatoms. The summed E-state index contributed by atoms with van der Waals surface area (Å²) in [5.74, 6) is 0.864. The third-order valence-electron chi connectivity index (χ3n) is 7.03. The molecule has 2 unspecified atom stereocenters. The van der Waals surface area contributed by atoms with Crippen LogP contribution in [0.5, 0.6) is 5.75 Å². The highest BCUT2D eigenvalue weighted by molar-refractivity contribution is 6.30. The molecule has 1 fully saturated rings. The molecule has 4 rings (SSSR count). The average Bonchev–Trinajstić information content (AvgIpc) is 3.22. The Morgan fingerprint density at radius 3 is 2.59 bits per heavy atom. The molecule has 0 spiro atoms. The second-order valence-electron chi connectivity index (χ2n) is 10.9. The molecule has 1 saturated heterocycles. The van der Waals surface area contributed by atoms with E-state index >= 15 is 0 Å². The summed E-state index contributed by atoms with van der Waals surface area (Å²) in [5, 5.41) is 7.76. The van der Waals surface area contributed by atoms with Crippen LogP contribution in [0.1, 0.15) is 45.6 Å². The van der Waals surface area contributed by atoms with Gasteiger partial charge in [0.1, 0.15) is 24.1 Å². The van der Waals surface area contributed by atoms with E-state index in [1.54, 1.807) is 0 Å². The third kappa shape index (κ3) is 7.20. The van der Waals surface area contributed by atoms with Crippen LogP contribution in [0, 0.1) is 11.8 Å². The van der Waals surface area contributed by atoms with Gasteiger partial charge in [0.25, 0.3) is 0 Å². The van der Waals surface area contributed by atoms with Gasteiger partial charge in [0.15, 0.2) is 0 Å². The molecule has 0 saturated carbocycles. The number of para-hydroxylation sites is 1. The summed E-state index contributed by atoms with van der Waals surface area (Å²) in [6.45, 7) is 12.8. The summed E-state index contributed by atoms with van der Waals surface area (Å²) in [6, 6.07) is 13.8. The van der Waals surface area contributed by atoms with E-state index in [0.29, 0.717) is 17.5 Å². The van der Waals surface area contributed by atoms with Crippen LogP contribution < -0.4 is 20.3 Å². The molecular formula is C30H40ClN3O3. The molecule has 0 aromatic heterocycles. The first-order valence-electron chi connectivity index (χ1n) is 13.3. The van der Waals surface area contributed by atoms with E-state index < -0.39 is 5.60 Å². The highest BCUT2D eigenvalue weighted by Crippen LogP contribution is 2.39. The van der Waals surface area contributed by atoms with Gasteiger partial charge in [-0.05, 0) is 101 Å². The van der Waals surface area contributed by atoms with Crippen LogP contribution in [-0.4, -0.2) is 44.0 Å². The highest BCUT2D eigenvalue weighted by atomic mass is 35.5. The Morgan fingerprint density at radius 1 is 1.19 bits per heavy atom. The fourth-order valence-corrected chi connectivity index (χ4v) is 5.46. The zero-order chi connectivity index (χ0) is 26.4. The quantitative estimate of drug-likeness (QED) is 0.291. The van der Waals surface area contributed by atoms with Crippen LogP contribution in [0.4, 0.5) is 11.4 Å². The molecular weight excluding hydrogens is 486 g/mol. The Labute approximate surface area is 226 Å². The first kappa shape index (κ1) is 27.3. The Hall–Kier alpha value is -2.70. The first-order valence-corrected chi connectivity index (χ1v) is 13.7. The van der Waals surface area contributed by atoms with Crippen molar-refractivity contribution in [3.05, 3.63) is 65.7 Å². The molecule has 37 heavy (non-hydrogen) atoms. The van der Waals surface area contributed by atoms with Crippen molar-refractivity contribution in [2.24, 2.45) is 11.8 Å². The summed E-state index contributed by atoms with van der Waals surface area (Å²) in [6.07, 6.45) is 5.34. The maximum atomic E-state index is 13.4. The van der Waals surface area contributed by atoms with Gasteiger partial charge in [0.2, 0.25) is 0 Å². The van der Waals surface area contributed by atoms with Crippen molar-refractivity contribution in [3.63, 3.8) is 0 Å². The van der Waals surface area contributed by atoms with Gasteiger partial charge in [-0.15, -0.1) is 6.58 Å². The van der Waals surface area contributed by atoms with E-state index in [4.69, 9.17) is 21.1 Å². The molecule has 6 nitrogen and oxygen atoms in total. The fraction of sp³-hybridized carbons (Fsp3) is 0.500. The average molecular weight is 526 g/mol. The highest BCUT2D eigenvalue weighted by Gasteiger charge is 2.36. The standard InChI is InChI=1S/C30H40ClN3O3/c1-5-7-22-8-6-9-26-28(22)34(27(33-26)20-36-24-12-10-23(31)11-13-24)19-16-25(21-14-17-32-18-15-21)29(35)37-30(2,3)4/h5-6,8-13,21,25,27,32-33H,1,7,14-20H2,2-4H3. The van der Waals surface area contributed by atoms with E-state index in [2.05, 4.69) is 40.3 Å². The molecule has 2 aromatic rings. The molecule has 0 amide bonds. The van der Waals surface area contributed by atoms with Gasteiger partial charge in [-0.2, -0.15) is 0 Å². The topological polar surface area (TPSA) is 62.8 Å². The number of ether oxygens (including phenoxy) is 2. The number of esters is 1. The molecule has 0 aliphatic carbocycles. The smallest absolute Gasteiger partial charge is 0.309 e. The summed E-state index contributed by atoms with van der Waals surface area (Å²) in [7, 11) is 0. The lowest BCUT2D eigenvalue weighted by atomic mass is 9.82. The molecule has 2 atom stereocenters. The van der Waals surface area contributed by atoms with E-state index in [1.165, 1.54) is 11.3 Å². The van der Waals surface area contributed by atoms with E-state index in [0.717, 1.165) is 56.8 Å². The van der Waals surface area contributed by atoms with Crippen molar-refractivity contribution in [1.82, 2.24) is 5.32 Å². The number of nitrogens with one attached hydrogen (secondary N) is 2.